The van der Waals surface area contributed by atoms with Gasteiger partial charge in [0.1, 0.15) is 0 Å². The van der Waals surface area contributed by atoms with Crippen LogP contribution in [-0.2, 0) is 11.3 Å². The Morgan fingerprint density at radius 2 is 2.10 bits per heavy atom. The first kappa shape index (κ1) is 16.4. The maximum absolute atomic E-state index is 10.9. The number of methoxy groups -OCH3 is 1. The summed E-state index contributed by atoms with van der Waals surface area (Å²) in [5.41, 5.74) is 0.563. The lowest BCUT2D eigenvalue weighted by atomic mass is 10.1. The van der Waals surface area contributed by atoms with E-state index in [-0.39, 0.29) is 17.0 Å². The van der Waals surface area contributed by atoms with E-state index < -0.39 is 4.92 Å². The van der Waals surface area contributed by atoms with Crippen molar-refractivity contribution in [2.24, 2.45) is 0 Å². The molecule has 0 atom stereocenters. The monoisotopic (exact) mass is 282 g/mol. The Morgan fingerprint density at radius 3 is 2.65 bits per heavy atom. The molecule has 0 aliphatic carbocycles. The summed E-state index contributed by atoms with van der Waals surface area (Å²) in [7, 11) is 1.42. The molecule has 0 spiro atoms. The SMILES string of the molecule is CCOC(C)(C)CNCc1ccc(OC)c([N+](=O)[O-])c1. The van der Waals surface area contributed by atoms with Crippen molar-refractivity contribution in [3.8, 4) is 5.75 Å². The first-order chi connectivity index (χ1) is 9.39. The van der Waals surface area contributed by atoms with Crippen LogP contribution in [0.25, 0.3) is 0 Å². The minimum absolute atomic E-state index is 0.0177. The average Bonchev–Trinajstić information content (AvgIpc) is 2.38. The normalized spacial score (nSPS) is 11.4. The largest absolute Gasteiger partial charge is 0.490 e. The predicted molar refractivity (Wildman–Crippen MR) is 77.1 cm³/mol. The number of rotatable bonds is 8. The maximum Gasteiger partial charge on any atom is 0.311 e. The highest BCUT2D eigenvalue weighted by atomic mass is 16.6. The van der Waals surface area contributed by atoms with E-state index in [1.807, 2.05) is 26.8 Å². The highest BCUT2D eigenvalue weighted by molar-refractivity contribution is 5.48. The second-order valence-electron chi connectivity index (χ2n) is 5.06. The Balaban J connectivity index is 2.65. The molecule has 1 N–H and O–H groups in total. The third kappa shape index (κ3) is 4.79. The van der Waals surface area contributed by atoms with Crippen LogP contribution < -0.4 is 10.1 Å². The predicted octanol–water partition coefficient (Wildman–Crippen LogP) is 2.51. The molecule has 6 nitrogen and oxygen atoms in total. The van der Waals surface area contributed by atoms with E-state index in [1.165, 1.54) is 13.2 Å². The maximum atomic E-state index is 10.9. The van der Waals surface area contributed by atoms with Gasteiger partial charge in [-0.25, -0.2) is 0 Å². The smallest absolute Gasteiger partial charge is 0.311 e. The van der Waals surface area contributed by atoms with E-state index in [2.05, 4.69) is 5.32 Å². The second kappa shape index (κ2) is 7.21. The van der Waals surface area contributed by atoms with Gasteiger partial charge in [-0.2, -0.15) is 0 Å². The van der Waals surface area contributed by atoms with Gasteiger partial charge in [-0.1, -0.05) is 6.07 Å². The first-order valence-electron chi connectivity index (χ1n) is 6.55. The summed E-state index contributed by atoms with van der Waals surface area (Å²) in [4.78, 5) is 10.5. The van der Waals surface area contributed by atoms with Gasteiger partial charge < -0.3 is 14.8 Å². The van der Waals surface area contributed by atoms with Crippen LogP contribution in [0, 0.1) is 10.1 Å². The minimum atomic E-state index is -0.438. The number of nitrogens with zero attached hydrogens (tertiary/aromatic N) is 1. The van der Waals surface area contributed by atoms with Gasteiger partial charge in [0, 0.05) is 25.8 Å². The number of nitro groups is 1. The highest BCUT2D eigenvalue weighted by Crippen LogP contribution is 2.27. The lowest BCUT2D eigenvalue weighted by Crippen LogP contribution is -2.37. The molecule has 6 heteroatoms. The molecule has 0 saturated carbocycles. The summed E-state index contributed by atoms with van der Waals surface area (Å²) >= 11 is 0. The second-order valence-corrected chi connectivity index (χ2v) is 5.06. The van der Waals surface area contributed by atoms with Gasteiger partial charge >= 0.3 is 5.69 Å². The van der Waals surface area contributed by atoms with E-state index in [4.69, 9.17) is 9.47 Å². The number of benzene rings is 1. The fraction of sp³-hybridized carbons (Fsp3) is 0.571. The van der Waals surface area contributed by atoms with Crippen LogP contribution in [0.4, 0.5) is 5.69 Å². The van der Waals surface area contributed by atoms with Crippen LogP contribution in [0.5, 0.6) is 5.75 Å². The fourth-order valence-electron chi connectivity index (χ4n) is 1.94. The van der Waals surface area contributed by atoms with Crippen molar-refractivity contribution in [3.05, 3.63) is 33.9 Å². The molecule has 0 aliphatic heterocycles. The van der Waals surface area contributed by atoms with E-state index in [0.29, 0.717) is 19.7 Å². The number of ether oxygens (including phenoxy) is 2. The third-order valence-corrected chi connectivity index (χ3v) is 2.85. The number of nitrogens with one attached hydrogen (secondary N) is 1. The highest BCUT2D eigenvalue weighted by Gasteiger charge is 2.18. The summed E-state index contributed by atoms with van der Waals surface area (Å²) in [6.07, 6.45) is 0. The zero-order valence-electron chi connectivity index (χ0n) is 12.4. The van der Waals surface area contributed by atoms with Gasteiger partial charge in [0.2, 0.25) is 0 Å². The topological polar surface area (TPSA) is 73.6 Å². The van der Waals surface area contributed by atoms with E-state index in [0.717, 1.165) is 5.56 Å². The average molecular weight is 282 g/mol. The number of nitro benzene ring substituents is 1. The van der Waals surface area contributed by atoms with Crippen molar-refractivity contribution in [3.63, 3.8) is 0 Å². The molecule has 0 saturated heterocycles. The Labute approximate surface area is 119 Å². The quantitative estimate of drug-likeness (QED) is 0.586. The molecule has 0 radical (unpaired) electrons. The van der Waals surface area contributed by atoms with Crippen LogP contribution in [0.1, 0.15) is 26.3 Å². The zero-order valence-corrected chi connectivity index (χ0v) is 12.4. The van der Waals surface area contributed by atoms with Crippen LogP contribution in [0.3, 0.4) is 0 Å². The molecule has 0 aliphatic rings. The van der Waals surface area contributed by atoms with Gasteiger partial charge in [0.15, 0.2) is 5.75 Å². The van der Waals surface area contributed by atoms with Gasteiger partial charge in [0.05, 0.1) is 17.6 Å². The van der Waals surface area contributed by atoms with E-state index in [9.17, 15) is 10.1 Å². The third-order valence-electron chi connectivity index (χ3n) is 2.85. The zero-order chi connectivity index (χ0) is 15.2. The first-order valence-corrected chi connectivity index (χ1v) is 6.55. The summed E-state index contributed by atoms with van der Waals surface area (Å²) in [6, 6.07) is 4.95. The van der Waals surface area contributed by atoms with Crippen molar-refractivity contribution >= 4 is 5.69 Å². The standard InChI is InChI=1S/C14H22N2O4/c1-5-20-14(2,3)10-15-9-11-6-7-13(19-4)12(8-11)16(17)18/h6-8,15H,5,9-10H2,1-4H3. The van der Waals surface area contributed by atoms with Crippen molar-refractivity contribution < 1.29 is 14.4 Å². The number of hydrogen-bond acceptors (Lipinski definition) is 5. The molecule has 0 fully saturated rings. The molecular weight excluding hydrogens is 260 g/mol. The molecule has 0 amide bonds. The van der Waals surface area contributed by atoms with Crippen LogP contribution >= 0.6 is 0 Å². The van der Waals surface area contributed by atoms with Crippen LogP contribution in [0.2, 0.25) is 0 Å². The van der Waals surface area contributed by atoms with E-state index >= 15 is 0 Å². The van der Waals surface area contributed by atoms with Crippen molar-refractivity contribution in [1.82, 2.24) is 5.32 Å². The lowest BCUT2D eigenvalue weighted by molar-refractivity contribution is -0.385. The van der Waals surface area contributed by atoms with Crippen LogP contribution in [0.15, 0.2) is 18.2 Å². The molecule has 0 bridgehead atoms. The molecule has 0 heterocycles. The summed E-state index contributed by atoms with van der Waals surface area (Å²) in [5.74, 6) is 0.272. The summed E-state index contributed by atoms with van der Waals surface area (Å²) in [6.45, 7) is 7.82. The molecule has 20 heavy (non-hydrogen) atoms. The minimum Gasteiger partial charge on any atom is -0.490 e. The Bertz CT molecular complexity index is 460. The Hall–Kier alpha value is -1.66. The van der Waals surface area contributed by atoms with Gasteiger partial charge in [-0.3, -0.25) is 10.1 Å². The van der Waals surface area contributed by atoms with E-state index in [1.54, 1.807) is 6.07 Å². The molecule has 1 aromatic carbocycles. The molecule has 1 rings (SSSR count). The summed E-state index contributed by atoms with van der Waals surface area (Å²) in [5, 5.41) is 14.2. The van der Waals surface area contributed by atoms with Gasteiger partial charge in [-0.15, -0.1) is 0 Å². The molecule has 0 aromatic heterocycles. The molecule has 112 valence electrons. The lowest BCUT2D eigenvalue weighted by Gasteiger charge is -2.25. The van der Waals surface area contributed by atoms with Crippen molar-refractivity contribution in [2.75, 3.05) is 20.3 Å². The van der Waals surface area contributed by atoms with Gasteiger partial charge in [0.25, 0.3) is 0 Å². The summed E-state index contributed by atoms with van der Waals surface area (Å²) < 4.78 is 10.5. The molecule has 1 aromatic rings. The molecular formula is C14H22N2O4. The van der Waals surface area contributed by atoms with Gasteiger partial charge in [-0.05, 0) is 32.4 Å². The molecule has 0 unspecified atom stereocenters. The van der Waals surface area contributed by atoms with Crippen LogP contribution in [-0.4, -0.2) is 30.8 Å². The number of hydrogen-bond donors (Lipinski definition) is 1. The van der Waals surface area contributed by atoms with Crippen molar-refractivity contribution in [1.29, 1.82) is 0 Å². The fourth-order valence-corrected chi connectivity index (χ4v) is 1.94. The van der Waals surface area contributed by atoms with Crippen molar-refractivity contribution in [2.45, 2.75) is 32.9 Å². The Morgan fingerprint density at radius 1 is 1.40 bits per heavy atom. The Kier molecular flexibility index (Phi) is 5.91.